The minimum absolute atomic E-state index is 0.0547. The van der Waals surface area contributed by atoms with Gasteiger partial charge in [-0.3, -0.25) is 9.59 Å². The van der Waals surface area contributed by atoms with E-state index in [1.165, 1.54) is 40.9 Å². The van der Waals surface area contributed by atoms with Crippen LogP contribution in [0.2, 0.25) is 0 Å². The summed E-state index contributed by atoms with van der Waals surface area (Å²) in [5, 5.41) is 22.8. The van der Waals surface area contributed by atoms with Gasteiger partial charge in [0.1, 0.15) is 23.2 Å². The molecule has 4 N–H and O–H groups in total. The van der Waals surface area contributed by atoms with Gasteiger partial charge in [0.05, 0.1) is 40.2 Å². The van der Waals surface area contributed by atoms with E-state index in [4.69, 9.17) is 5.73 Å². The molecule has 166 valence electrons. The number of phenolic OH excluding ortho intramolecular Hbond substituents is 1. The molecule has 0 radical (unpaired) electrons. The number of carboxylic acid groups (broad SMARTS) is 1. The van der Waals surface area contributed by atoms with Crippen molar-refractivity contribution in [3.8, 4) is 5.75 Å². The van der Waals surface area contributed by atoms with Gasteiger partial charge < -0.3 is 35.4 Å². The summed E-state index contributed by atoms with van der Waals surface area (Å²) < 4.78 is 0.289. The highest BCUT2D eigenvalue weighted by Crippen LogP contribution is 2.50. The maximum Gasteiger partial charge on any atom is 0.249 e. The Labute approximate surface area is 180 Å². The van der Waals surface area contributed by atoms with Gasteiger partial charge in [0, 0.05) is 4.75 Å². The summed E-state index contributed by atoms with van der Waals surface area (Å²) in [6, 6.07) is 3.02. The third-order valence-corrected chi connectivity index (χ3v) is 6.07. The van der Waals surface area contributed by atoms with Crippen LogP contribution in [0.1, 0.15) is 25.5 Å². The number of thioether (sulfide) groups is 1. The number of hydrogen-bond donors (Lipinski definition) is 3. The van der Waals surface area contributed by atoms with Gasteiger partial charge in [-0.25, -0.2) is 0 Å². The fraction of sp³-hybridized carbons (Fsp3) is 0.550. The van der Waals surface area contributed by atoms with Crippen molar-refractivity contribution in [3.05, 3.63) is 29.8 Å². The van der Waals surface area contributed by atoms with Gasteiger partial charge >= 0.3 is 0 Å². The molecule has 2 saturated heterocycles. The van der Waals surface area contributed by atoms with Crippen molar-refractivity contribution < 1.29 is 29.1 Å². The minimum atomic E-state index is -1.31. The number of hydrogen-bond acceptors (Lipinski definition) is 7. The van der Waals surface area contributed by atoms with E-state index in [0.717, 1.165) is 4.48 Å². The molecule has 2 aliphatic rings. The number of aromatic hydroxyl groups is 1. The van der Waals surface area contributed by atoms with E-state index in [9.17, 15) is 24.6 Å². The number of nitrogens with two attached hydrogens (primary N) is 1. The van der Waals surface area contributed by atoms with Crippen molar-refractivity contribution in [1.82, 2.24) is 10.2 Å². The molecular weight excluding hydrogens is 408 g/mol. The van der Waals surface area contributed by atoms with Crippen LogP contribution in [0.3, 0.4) is 0 Å². The second-order valence-electron chi connectivity index (χ2n) is 9.32. The summed E-state index contributed by atoms with van der Waals surface area (Å²) in [6.45, 7) is 3.45. The summed E-state index contributed by atoms with van der Waals surface area (Å²) in [4.78, 5) is 37.3. The van der Waals surface area contributed by atoms with Gasteiger partial charge in [0.2, 0.25) is 11.8 Å². The van der Waals surface area contributed by atoms with Gasteiger partial charge in [-0.1, -0.05) is 12.1 Å². The third kappa shape index (κ3) is 5.24. The Bertz CT molecular complexity index is 815. The van der Waals surface area contributed by atoms with Crippen molar-refractivity contribution in [3.63, 3.8) is 0 Å². The number of rotatable bonds is 4. The number of amides is 2. The van der Waals surface area contributed by atoms with E-state index in [2.05, 4.69) is 33.5 Å². The van der Waals surface area contributed by atoms with Crippen LogP contribution in [0.25, 0.3) is 0 Å². The van der Waals surface area contributed by atoms with Gasteiger partial charge in [0.15, 0.2) is 0 Å². The van der Waals surface area contributed by atoms with Crippen LogP contribution in [0.5, 0.6) is 5.75 Å². The van der Waals surface area contributed by atoms with E-state index in [0.29, 0.717) is 5.56 Å². The zero-order chi connectivity index (χ0) is 23.0. The van der Waals surface area contributed by atoms with Crippen molar-refractivity contribution in [2.24, 2.45) is 5.73 Å². The van der Waals surface area contributed by atoms with Crippen LogP contribution in [0.15, 0.2) is 24.3 Å². The molecule has 3 rings (SSSR count). The third-order valence-electron chi connectivity index (χ3n) is 4.50. The Morgan fingerprint density at radius 1 is 1.23 bits per heavy atom. The lowest BCUT2D eigenvalue weighted by Crippen LogP contribution is -2.72. The zero-order valence-corrected chi connectivity index (χ0v) is 18.9. The summed E-state index contributed by atoms with van der Waals surface area (Å²) in [6.07, 6.45) is 0. The molecule has 0 saturated carbocycles. The number of β-lactam (4-membered cyclic amide) rings is 1. The Balaban J connectivity index is 0.000000575. The fourth-order valence-corrected chi connectivity index (χ4v) is 4.82. The van der Waals surface area contributed by atoms with Crippen molar-refractivity contribution in [2.45, 2.75) is 42.1 Å². The first kappa shape index (κ1) is 24.0. The molecule has 1 aromatic rings. The van der Waals surface area contributed by atoms with Crippen LogP contribution < -0.4 is 16.2 Å². The molecule has 30 heavy (non-hydrogen) atoms. The highest BCUT2D eigenvalue weighted by molar-refractivity contribution is 8.01. The van der Waals surface area contributed by atoms with Gasteiger partial charge in [-0.15, -0.1) is 11.8 Å². The Kier molecular flexibility index (Phi) is 6.75. The summed E-state index contributed by atoms with van der Waals surface area (Å²) >= 11 is 1.31. The molecule has 10 heteroatoms. The molecular formula is C20H30N4O5S. The first-order valence-corrected chi connectivity index (χ1v) is 10.4. The number of carboxylic acids is 1. The van der Waals surface area contributed by atoms with E-state index >= 15 is 0 Å². The highest BCUT2D eigenvalue weighted by atomic mass is 32.2. The monoisotopic (exact) mass is 438 g/mol. The molecule has 0 spiro atoms. The molecule has 0 aromatic heterocycles. The molecule has 1 aromatic carbocycles. The quantitative estimate of drug-likeness (QED) is 0.406. The summed E-state index contributed by atoms with van der Waals surface area (Å²) in [5.41, 5.74) is 6.39. The lowest BCUT2D eigenvalue weighted by atomic mass is 9.95. The van der Waals surface area contributed by atoms with E-state index in [-0.39, 0.29) is 5.75 Å². The average molecular weight is 439 g/mol. The molecule has 0 bridgehead atoms. The lowest BCUT2D eigenvalue weighted by Gasteiger charge is -2.45. The Morgan fingerprint density at radius 3 is 2.20 bits per heavy atom. The Hall–Kier alpha value is -2.30. The van der Waals surface area contributed by atoms with Crippen molar-refractivity contribution >= 4 is 29.5 Å². The van der Waals surface area contributed by atoms with Crippen LogP contribution in [-0.2, 0) is 14.4 Å². The largest absolute Gasteiger partial charge is 0.548 e. The molecule has 2 amide bonds. The van der Waals surface area contributed by atoms with Crippen molar-refractivity contribution in [1.29, 1.82) is 0 Å². The number of benzene rings is 1. The van der Waals surface area contributed by atoms with Gasteiger partial charge in [0.25, 0.3) is 0 Å². The molecule has 0 aliphatic carbocycles. The number of fused-ring (bicyclic) bond motifs is 1. The number of carbonyl (C=O) groups excluding carboxylic acids is 3. The van der Waals surface area contributed by atoms with E-state index < -0.39 is 46.0 Å². The number of nitrogens with one attached hydrogen (secondary N) is 1. The Morgan fingerprint density at radius 2 is 1.73 bits per heavy atom. The smallest absolute Gasteiger partial charge is 0.249 e. The number of carbonyl (C=O) groups is 3. The molecule has 2 heterocycles. The van der Waals surface area contributed by atoms with Crippen LogP contribution >= 0.6 is 11.8 Å². The number of nitrogens with zero attached hydrogens (tertiary/aromatic N) is 2. The maximum absolute atomic E-state index is 12.3. The first-order chi connectivity index (χ1) is 13.6. The predicted octanol–water partition coefficient (Wildman–Crippen LogP) is -0.989. The molecule has 2 unspecified atom stereocenters. The van der Waals surface area contributed by atoms with Crippen LogP contribution in [0, 0.1) is 0 Å². The van der Waals surface area contributed by atoms with Crippen LogP contribution in [-0.4, -0.2) is 82.7 Å². The average Bonchev–Trinajstić information content (AvgIpc) is 2.86. The topological polar surface area (TPSA) is 136 Å². The number of phenols is 1. The SMILES string of the molecule is CC1(C)S[C@@H]2C(NC(=O)C(N)c3ccc(O)cc3)C(=O)N2[C@H]1C(=O)[O-].C[N+](C)(C)C. The minimum Gasteiger partial charge on any atom is -0.548 e. The van der Waals surface area contributed by atoms with Gasteiger partial charge in [-0.05, 0) is 31.5 Å². The fourth-order valence-electron chi connectivity index (χ4n) is 3.20. The van der Waals surface area contributed by atoms with E-state index in [1.54, 1.807) is 13.8 Å². The molecule has 2 fully saturated rings. The molecule has 4 atom stereocenters. The second kappa shape index (κ2) is 8.44. The maximum atomic E-state index is 12.3. The van der Waals surface area contributed by atoms with Gasteiger partial charge in [-0.2, -0.15) is 0 Å². The summed E-state index contributed by atoms with van der Waals surface area (Å²) in [5.74, 6) is -2.25. The number of aliphatic carboxylic acids is 1. The highest BCUT2D eigenvalue weighted by Gasteiger charge is 2.62. The standard InChI is InChI=1S/C16H19N3O5S.C4H12N/c1-16(2)11(15(23)24)19-13(22)10(14(19)25-16)18-12(21)9(17)7-3-5-8(20)6-4-7;1-5(2,3)4/h3-6,9-11,14,20H,17H2,1-2H3,(H,18,21)(H,23,24);1-4H3/q;+1/p-1/t9?,10?,11-,14+;/m0./s1. The second-order valence-corrected chi connectivity index (χ2v) is 11.1. The summed E-state index contributed by atoms with van der Waals surface area (Å²) in [7, 11) is 8.50. The van der Waals surface area contributed by atoms with Crippen LogP contribution in [0.4, 0.5) is 0 Å². The van der Waals surface area contributed by atoms with E-state index in [1.807, 2.05) is 0 Å². The molecule has 9 nitrogen and oxygen atoms in total. The normalized spacial score (nSPS) is 25.4. The predicted molar refractivity (Wildman–Crippen MR) is 112 cm³/mol. The first-order valence-electron chi connectivity index (χ1n) is 9.48. The lowest BCUT2D eigenvalue weighted by molar-refractivity contribution is -0.849. The molecule has 2 aliphatic heterocycles. The number of quaternary nitrogens is 1. The zero-order valence-electron chi connectivity index (χ0n) is 18.1. The van der Waals surface area contributed by atoms with Crippen molar-refractivity contribution in [2.75, 3.05) is 28.2 Å².